The molecule has 1 aliphatic rings. The van der Waals surface area contributed by atoms with E-state index in [1.165, 1.54) is 11.6 Å². The van der Waals surface area contributed by atoms with Crippen LogP contribution in [-0.2, 0) is 10.2 Å². The van der Waals surface area contributed by atoms with Crippen LogP contribution in [-0.4, -0.2) is 11.1 Å². The summed E-state index contributed by atoms with van der Waals surface area (Å²) >= 11 is 0. The Morgan fingerprint density at radius 2 is 1.88 bits per heavy atom. The summed E-state index contributed by atoms with van der Waals surface area (Å²) < 4.78 is 19.3. The van der Waals surface area contributed by atoms with Crippen molar-refractivity contribution in [2.45, 2.75) is 32.1 Å². The molecule has 0 radical (unpaired) electrons. The molecule has 26 heavy (non-hydrogen) atoms. The maximum atomic E-state index is 13.9. The number of nitrogens with zero attached hydrogens (tertiary/aromatic N) is 1. The zero-order chi connectivity index (χ0) is 18.3. The van der Waals surface area contributed by atoms with Gasteiger partial charge in [-0.15, -0.1) is 0 Å². The highest BCUT2D eigenvalue weighted by Crippen LogP contribution is 2.49. The van der Waals surface area contributed by atoms with Crippen molar-refractivity contribution in [2.24, 2.45) is 0 Å². The van der Waals surface area contributed by atoms with Gasteiger partial charge in [0.15, 0.2) is 5.76 Å². The first-order valence-corrected chi connectivity index (χ1v) is 8.60. The molecule has 4 rings (SSSR count). The van der Waals surface area contributed by atoms with Gasteiger partial charge < -0.3 is 9.84 Å². The van der Waals surface area contributed by atoms with E-state index in [9.17, 15) is 9.18 Å². The van der Waals surface area contributed by atoms with E-state index in [1.54, 1.807) is 24.3 Å². The summed E-state index contributed by atoms with van der Waals surface area (Å²) in [5.74, 6) is -0.142. The number of carbonyl (C=O) groups is 1. The summed E-state index contributed by atoms with van der Waals surface area (Å²) in [7, 11) is 0. The van der Waals surface area contributed by atoms with Gasteiger partial charge in [-0.05, 0) is 62.1 Å². The average Bonchev–Trinajstić information content (AvgIpc) is 3.30. The van der Waals surface area contributed by atoms with E-state index < -0.39 is 5.41 Å². The Hall–Kier alpha value is -2.95. The molecule has 0 saturated heterocycles. The second-order valence-electron chi connectivity index (χ2n) is 6.89. The van der Waals surface area contributed by atoms with E-state index in [2.05, 4.69) is 10.5 Å². The van der Waals surface area contributed by atoms with E-state index in [0.717, 1.165) is 11.3 Å². The van der Waals surface area contributed by atoms with Crippen LogP contribution >= 0.6 is 0 Å². The molecular weight excluding hydrogens is 331 g/mol. The molecule has 1 aliphatic carbocycles. The number of amides is 1. The molecule has 1 amide bonds. The molecule has 1 fully saturated rings. The van der Waals surface area contributed by atoms with Gasteiger partial charge in [-0.25, -0.2) is 4.39 Å². The Balaban J connectivity index is 1.58. The molecule has 4 nitrogen and oxygen atoms in total. The van der Waals surface area contributed by atoms with E-state index >= 15 is 0 Å². The van der Waals surface area contributed by atoms with Crippen LogP contribution in [0.25, 0.3) is 11.3 Å². The minimum absolute atomic E-state index is 0.103. The normalized spacial score (nSPS) is 14.9. The van der Waals surface area contributed by atoms with Crippen molar-refractivity contribution in [1.29, 1.82) is 0 Å². The van der Waals surface area contributed by atoms with E-state index in [4.69, 9.17) is 4.52 Å². The maximum absolute atomic E-state index is 13.9. The predicted octanol–water partition coefficient (Wildman–Crippen LogP) is 4.77. The van der Waals surface area contributed by atoms with E-state index in [1.807, 2.05) is 32.0 Å². The fourth-order valence-electron chi connectivity index (χ4n) is 3.08. The second-order valence-corrected chi connectivity index (χ2v) is 6.89. The number of aromatic nitrogens is 1. The first kappa shape index (κ1) is 16.5. The summed E-state index contributed by atoms with van der Waals surface area (Å²) in [6.07, 6.45) is 1.40. The maximum Gasteiger partial charge on any atom is 0.236 e. The lowest BCUT2D eigenvalue weighted by Crippen LogP contribution is -2.28. The molecule has 132 valence electrons. The summed E-state index contributed by atoms with van der Waals surface area (Å²) in [4.78, 5) is 12.8. The number of rotatable bonds is 4. The molecule has 1 saturated carbocycles. The fraction of sp³-hybridized carbons (Fsp3) is 0.238. The molecule has 0 aliphatic heterocycles. The van der Waals surface area contributed by atoms with Gasteiger partial charge >= 0.3 is 0 Å². The molecule has 2 aromatic carbocycles. The number of benzene rings is 2. The van der Waals surface area contributed by atoms with Crippen LogP contribution < -0.4 is 5.32 Å². The van der Waals surface area contributed by atoms with E-state index in [-0.39, 0.29) is 11.7 Å². The number of hydrogen-bond donors (Lipinski definition) is 1. The monoisotopic (exact) mass is 350 g/mol. The fourth-order valence-corrected chi connectivity index (χ4v) is 3.08. The number of anilines is 1. The molecule has 1 N–H and O–H groups in total. The summed E-state index contributed by atoms with van der Waals surface area (Å²) in [6.45, 7) is 4.04. The van der Waals surface area contributed by atoms with Gasteiger partial charge in [0.25, 0.3) is 0 Å². The van der Waals surface area contributed by atoms with Crippen LogP contribution in [0.1, 0.15) is 29.7 Å². The van der Waals surface area contributed by atoms with Crippen molar-refractivity contribution < 1.29 is 13.7 Å². The Morgan fingerprint density at radius 3 is 2.58 bits per heavy atom. The number of carbonyl (C=O) groups excluding carboxylic acids is 1. The van der Waals surface area contributed by atoms with Crippen LogP contribution in [0.3, 0.4) is 0 Å². The lowest BCUT2D eigenvalue weighted by molar-refractivity contribution is -0.118. The number of aryl methyl sites for hydroxylation is 2. The Kier molecular flexibility index (Phi) is 3.87. The second kappa shape index (κ2) is 6.09. The van der Waals surface area contributed by atoms with Gasteiger partial charge in [0.2, 0.25) is 5.91 Å². The van der Waals surface area contributed by atoms with Crippen molar-refractivity contribution in [3.63, 3.8) is 0 Å². The first-order valence-electron chi connectivity index (χ1n) is 8.60. The highest BCUT2D eigenvalue weighted by molar-refractivity contribution is 6.01. The van der Waals surface area contributed by atoms with E-state index in [0.29, 0.717) is 29.9 Å². The first-order chi connectivity index (χ1) is 12.5. The van der Waals surface area contributed by atoms with Crippen molar-refractivity contribution in [3.8, 4) is 11.3 Å². The molecule has 3 aromatic rings. The summed E-state index contributed by atoms with van der Waals surface area (Å²) in [5.41, 5.74) is 3.27. The van der Waals surface area contributed by atoms with Crippen LogP contribution in [0, 0.1) is 19.7 Å². The van der Waals surface area contributed by atoms with Crippen LogP contribution in [0.4, 0.5) is 10.1 Å². The number of halogens is 1. The SMILES string of the molecule is Cc1ccc(NC(=O)C2(c3cc(-c4ccccc4F)on3)CC2)cc1C. The topological polar surface area (TPSA) is 55.1 Å². The smallest absolute Gasteiger partial charge is 0.236 e. The standard InChI is InChI=1S/C21H19FN2O2/c1-13-7-8-15(11-14(13)2)23-20(25)21(9-10-21)19-12-18(26-24-19)16-5-3-4-6-17(16)22/h3-8,11-12H,9-10H2,1-2H3,(H,23,25). The molecule has 1 heterocycles. The van der Waals surface area contributed by atoms with Crippen LogP contribution in [0.2, 0.25) is 0 Å². The largest absolute Gasteiger partial charge is 0.356 e. The Bertz CT molecular complexity index is 989. The Labute approximate surface area is 151 Å². The van der Waals surface area contributed by atoms with Gasteiger partial charge in [-0.3, -0.25) is 4.79 Å². The molecule has 0 spiro atoms. The zero-order valence-electron chi connectivity index (χ0n) is 14.7. The lowest BCUT2D eigenvalue weighted by atomic mass is 10.00. The molecule has 0 atom stereocenters. The highest BCUT2D eigenvalue weighted by atomic mass is 19.1. The minimum Gasteiger partial charge on any atom is -0.356 e. The summed E-state index contributed by atoms with van der Waals surface area (Å²) in [5, 5.41) is 7.04. The van der Waals surface area contributed by atoms with Crippen LogP contribution in [0.15, 0.2) is 53.1 Å². The van der Waals surface area contributed by atoms with Crippen molar-refractivity contribution in [3.05, 3.63) is 71.2 Å². The van der Waals surface area contributed by atoms with Gasteiger partial charge in [-0.2, -0.15) is 0 Å². The number of nitrogens with one attached hydrogen (secondary N) is 1. The molecule has 0 unspecified atom stereocenters. The Morgan fingerprint density at radius 1 is 1.12 bits per heavy atom. The van der Waals surface area contributed by atoms with Crippen LogP contribution in [0.5, 0.6) is 0 Å². The minimum atomic E-state index is -0.689. The molecule has 0 bridgehead atoms. The number of hydrogen-bond acceptors (Lipinski definition) is 3. The quantitative estimate of drug-likeness (QED) is 0.737. The zero-order valence-corrected chi connectivity index (χ0v) is 14.7. The summed E-state index contributed by atoms with van der Waals surface area (Å²) in [6, 6.07) is 13.9. The van der Waals surface area contributed by atoms with Crippen molar-refractivity contribution >= 4 is 11.6 Å². The van der Waals surface area contributed by atoms with Gasteiger partial charge in [0.1, 0.15) is 5.82 Å². The predicted molar refractivity (Wildman–Crippen MR) is 97.4 cm³/mol. The molecular formula is C21H19FN2O2. The third kappa shape index (κ3) is 2.79. The molecule has 1 aromatic heterocycles. The van der Waals surface area contributed by atoms with Crippen molar-refractivity contribution in [1.82, 2.24) is 5.16 Å². The lowest BCUT2D eigenvalue weighted by Gasteiger charge is -2.13. The van der Waals surface area contributed by atoms with Gasteiger partial charge in [-0.1, -0.05) is 23.4 Å². The third-order valence-corrected chi connectivity index (χ3v) is 5.09. The van der Waals surface area contributed by atoms with Crippen molar-refractivity contribution in [2.75, 3.05) is 5.32 Å². The van der Waals surface area contributed by atoms with Gasteiger partial charge in [0.05, 0.1) is 16.7 Å². The average molecular weight is 350 g/mol. The third-order valence-electron chi connectivity index (χ3n) is 5.09. The van der Waals surface area contributed by atoms with Gasteiger partial charge in [0, 0.05) is 11.8 Å². The highest BCUT2D eigenvalue weighted by Gasteiger charge is 2.53. The molecule has 5 heteroatoms.